The van der Waals surface area contributed by atoms with Gasteiger partial charge in [-0.05, 0) is 18.1 Å². The quantitative estimate of drug-likeness (QED) is 0.704. The van der Waals surface area contributed by atoms with Crippen LogP contribution in [0, 0.1) is 0 Å². The first kappa shape index (κ1) is 12.0. The number of carbonyl (C=O) groups is 2. The van der Waals surface area contributed by atoms with Crippen LogP contribution in [0.4, 0.5) is 10.5 Å². The summed E-state index contributed by atoms with van der Waals surface area (Å²) in [5.74, 6) is -0.446. The van der Waals surface area contributed by atoms with Gasteiger partial charge in [-0.2, -0.15) is 0 Å². The van der Waals surface area contributed by atoms with E-state index in [0.29, 0.717) is 0 Å². The summed E-state index contributed by atoms with van der Waals surface area (Å²) in [4.78, 5) is 21.6. The number of urea groups is 1. The summed E-state index contributed by atoms with van der Waals surface area (Å²) >= 11 is 0. The van der Waals surface area contributed by atoms with Crippen LogP contribution < -0.4 is 16.4 Å². The summed E-state index contributed by atoms with van der Waals surface area (Å²) in [6, 6.07) is 6.85. The minimum absolute atomic E-state index is 0.0277. The van der Waals surface area contributed by atoms with E-state index in [0.717, 1.165) is 17.7 Å². The van der Waals surface area contributed by atoms with Gasteiger partial charge in [0.15, 0.2) is 0 Å². The van der Waals surface area contributed by atoms with Crippen LogP contribution in [-0.4, -0.2) is 18.5 Å². The number of nitrogens with one attached hydrogen (secondary N) is 2. The lowest BCUT2D eigenvalue weighted by Gasteiger charge is -2.09. The van der Waals surface area contributed by atoms with E-state index < -0.39 is 11.9 Å². The number of benzene rings is 1. The Balaban J connectivity index is 2.54. The van der Waals surface area contributed by atoms with Crippen molar-refractivity contribution in [2.24, 2.45) is 5.73 Å². The van der Waals surface area contributed by atoms with Crippen molar-refractivity contribution in [1.82, 2.24) is 5.32 Å². The third kappa shape index (κ3) is 3.61. The maximum absolute atomic E-state index is 11.2. The Morgan fingerprint density at radius 3 is 2.62 bits per heavy atom. The highest BCUT2D eigenvalue weighted by Gasteiger charge is 2.04. The fourth-order valence-electron chi connectivity index (χ4n) is 1.36. The zero-order valence-corrected chi connectivity index (χ0v) is 9.12. The zero-order chi connectivity index (χ0) is 12.0. The van der Waals surface area contributed by atoms with Crippen molar-refractivity contribution in [3.8, 4) is 0 Å². The second-order valence-corrected chi connectivity index (χ2v) is 3.28. The van der Waals surface area contributed by atoms with Crippen molar-refractivity contribution in [3.63, 3.8) is 0 Å². The van der Waals surface area contributed by atoms with Gasteiger partial charge in [-0.1, -0.05) is 25.1 Å². The van der Waals surface area contributed by atoms with E-state index in [4.69, 9.17) is 5.73 Å². The topological polar surface area (TPSA) is 84.2 Å². The average Bonchev–Trinajstić information content (AvgIpc) is 2.26. The highest BCUT2D eigenvalue weighted by molar-refractivity contribution is 5.95. The fraction of sp³-hybridized carbons (Fsp3) is 0.273. The number of primary amides is 1. The third-order valence-electron chi connectivity index (χ3n) is 2.10. The number of amides is 3. The summed E-state index contributed by atoms with van der Waals surface area (Å²) < 4.78 is 0. The number of rotatable bonds is 4. The van der Waals surface area contributed by atoms with Crippen molar-refractivity contribution in [2.45, 2.75) is 13.3 Å². The van der Waals surface area contributed by atoms with Crippen molar-refractivity contribution in [1.29, 1.82) is 0 Å². The van der Waals surface area contributed by atoms with Gasteiger partial charge in [0, 0.05) is 5.69 Å². The predicted molar refractivity (Wildman–Crippen MR) is 62.0 cm³/mol. The maximum atomic E-state index is 11.2. The van der Waals surface area contributed by atoms with Crippen LogP contribution in [0.1, 0.15) is 12.5 Å². The van der Waals surface area contributed by atoms with Gasteiger partial charge >= 0.3 is 6.03 Å². The molecule has 0 aliphatic rings. The molecule has 1 aromatic carbocycles. The summed E-state index contributed by atoms with van der Waals surface area (Å²) in [5, 5.41) is 4.94. The van der Waals surface area contributed by atoms with E-state index in [1.165, 1.54) is 0 Å². The molecule has 0 bridgehead atoms. The number of anilines is 1. The minimum atomic E-state index is -0.837. The van der Waals surface area contributed by atoms with Crippen LogP contribution in [0.2, 0.25) is 0 Å². The van der Waals surface area contributed by atoms with Gasteiger partial charge in [-0.3, -0.25) is 10.1 Å². The van der Waals surface area contributed by atoms with Gasteiger partial charge in [-0.25, -0.2) is 4.79 Å². The molecule has 86 valence electrons. The number of para-hydroxylation sites is 1. The summed E-state index contributed by atoms with van der Waals surface area (Å²) in [6.45, 7) is 2.06. The first-order valence-corrected chi connectivity index (χ1v) is 5.04. The second kappa shape index (κ2) is 5.75. The van der Waals surface area contributed by atoms with Crippen molar-refractivity contribution >= 4 is 17.6 Å². The Kier molecular flexibility index (Phi) is 4.32. The minimum Gasteiger partial charge on any atom is -0.376 e. The summed E-state index contributed by atoms with van der Waals surface area (Å²) in [6.07, 6.45) is 0.876. The molecule has 0 atom stereocenters. The zero-order valence-electron chi connectivity index (χ0n) is 9.12. The van der Waals surface area contributed by atoms with E-state index in [9.17, 15) is 9.59 Å². The molecule has 3 amide bonds. The molecule has 0 saturated carbocycles. The van der Waals surface area contributed by atoms with E-state index in [1.54, 1.807) is 0 Å². The van der Waals surface area contributed by atoms with Crippen molar-refractivity contribution in [3.05, 3.63) is 29.8 Å². The van der Waals surface area contributed by atoms with Crippen molar-refractivity contribution < 1.29 is 9.59 Å². The highest BCUT2D eigenvalue weighted by atomic mass is 16.2. The van der Waals surface area contributed by atoms with Gasteiger partial charge in [-0.15, -0.1) is 0 Å². The SMILES string of the molecule is CCc1ccccc1NCC(=O)NC(N)=O. The summed E-state index contributed by atoms with van der Waals surface area (Å²) in [5.41, 5.74) is 6.83. The molecule has 0 spiro atoms. The predicted octanol–water partition coefficient (Wildman–Crippen LogP) is 0.856. The molecule has 0 radical (unpaired) electrons. The van der Waals surface area contributed by atoms with E-state index in [1.807, 2.05) is 36.5 Å². The van der Waals surface area contributed by atoms with Crippen LogP contribution in [0.3, 0.4) is 0 Å². The van der Waals surface area contributed by atoms with Crippen LogP contribution in [0.5, 0.6) is 0 Å². The molecule has 0 aliphatic carbocycles. The van der Waals surface area contributed by atoms with Gasteiger partial charge in [0.25, 0.3) is 0 Å². The molecule has 16 heavy (non-hydrogen) atoms. The largest absolute Gasteiger partial charge is 0.376 e. The molecular formula is C11H15N3O2. The number of hydrogen-bond donors (Lipinski definition) is 3. The molecule has 5 heteroatoms. The Bertz CT molecular complexity index is 391. The number of nitrogens with two attached hydrogens (primary N) is 1. The monoisotopic (exact) mass is 221 g/mol. The average molecular weight is 221 g/mol. The van der Waals surface area contributed by atoms with E-state index in [2.05, 4.69) is 5.32 Å². The standard InChI is InChI=1S/C11H15N3O2/c1-2-8-5-3-4-6-9(8)13-7-10(15)14-11(12)16/h3-6,13H,2,7H2,1H3,(H3,12,14,15,16). The molecule has 1 aromatic rings. The molecule has 1 rings (SSSR count). The number of hydrogen-bond acceptors (Lipinski definition) is 3. The molecule has 5 nitrogen and oxygen atoms in total. The normalized spacial score (nSPS) is 9.56. The van der Waals surface area contributed by atoms with Crippen LogP contribution >= 0.6 is 0 Å². The molecule has 4 N–H and O–H groups in total. The van der Waals surface area contributed by atoms with E-state index in [-0.39, 0.29) is 6.54 Å². The van der Waals surface area contributed by atoms with Gasteiger partial charge in [0.1, 0.15) is 0 Å². The number of imide groups is 1. The lowest BCUT2D eigenvalue weighted by atomic mass is 10.1. The van der Waals surface area contributed by atoms with Crippen LogP contribution in [0.25, 0.3) is 0 Å². The molecule has 0 saturated heterocycles. The first-order chi connectivity index (χ1) is 7.63. The van der Waals surface area contributed by atoms with E-state index >= 15 is 0 Å². The molecule has 0 fully saturated rings. The van der Waals surface area contributed by atoms with Gasteiger partial charge < -0.3 is 11.1 Å². The Labute approximate surface area is 94.0 Å². The number of aryl methyl sites for hydroxylation is 1. The lowest BCUT2D eigenvalue weighted by Crippen LogP contribution is -2.38. The van der Waals surface area contributed by atoms with Crippen LogP contribution in [-0.2, 0) is 11.2 Å². The maximum Gasteiger partial charge on any atom is 0.318 e. The molecule has 0 aliphatic heterocycles. The molecular weight excluding hydrogens is 206 g/mol. The summed E-state index contributed by atoms with van der Waals surface area (Å²) in [7, 11) is 0. The Hall–Kier alpha value is -2.04. The van der Waals surface area contributed by atoms with Crippen LogP contribution in [0.15, 0.2) is 24.3 Å². The third-order valence-corrected chi connectivity index (χ3v) is 2.10. The lowest BCUT2D eigenvalue weighted by molar-refractivity contribution is -0.118. The van der Waals surface area contributed by atoms with Crippen molar-refractivity contribution in [2.75, 3.05) is 11.9 Å². The highest BCUT2D eigenvalue weighted by Crippen LogP contribution is 2.14. The molecule has 0 aromatic heterocycles. The van der Waals surface area contributed by atoms with Gasteiger partial charge in [0.2, 0.25) is 5.91 Å². The van der Waals surface area contributed by atoms with Gasteiger partial charge in [0.05, 0.1) is 6.54 Å². The number of carbonyl (C=O) groups excluding carboxylic acids is 2. The fourth-order valence-corrected chi connectivity index (χ4v) is 1.36. The Morgan fingerprint density at radius 2 is 2.00 bits per heavy atom. The second-order valence-electron chi connectivity index (χ2n) is 3.28. The molecule has 0 unspecified atom stereocenters. The Morgan fingerprint density at radius 1 is 1.31 bits per heavy atom. The first-order valence-electron chi connectivity index (χ1n) is 5.04. The molecule has 0 heterocycles. The smallest absolute Gasteiger partial charge is 0.318 e.